The van der Waals surface area contributed by atoms with Gasteiger partial charge in [0.15, 0.2) is 5.82 Å². The van der Waals surface area contributed by atoms with Crippen LogP contribution in [0.4, 0.5) is 9.18 Å². The molecule has 2 rings (SSSR count). The maximum Gasteiger partial charge on any atom is 0.407 e. The van der Waals surface area contributed by atoms with Gasteiger partial charge in [0, 0.05) is 17.5 Å². The maximum absolute atomic E-state index is 12.9. The van der Waals surface area contributed by atoms with Crippen LogP contribution in [0.1, 0.15) is 33.5 Å². The van der Waals surface area contributed by atoms with Crippen LogP contribution in [-0.2, 0) is 11.2 Å². The van der Waals surface area contributed by atoms with Crippen LogP contribution < -0.4 is 5.32 Å². The lowest BCUT2D eigenvalue weighted by molar-refractivity contribution is 0.122. The number of nitrogens with one attached hydrogen (secondary N) is 1. The third kappa shape index (κ3) is 5.64. The predicted octanol–water partition coefficient (Wildman–Crippen LogP) is 3.58. The number of alkyl carbamates (subject to hydrolysis) is 1. The first kappa shape index (κ1) is 17.9. The fraction of sp³-hybridized carbons (Fsp3) is 0.471. The first-order chi connectivity index (χ1) is 11.2. The van der Waals surface area contributed by atoms with Gasteiger partial charge in [0.2, 0.25) is 0 Å². The molecule has 1 N–H and O–H groups in total. The van der Waals surface area contributed by atoms with Gasteiger partial charge in [-0.25, -0.2) is 9.18 Å². The molecular weight excluding hydrogens is 313 g/mol. The van der Waals surface area contributed by atoms with Crippen LogP contribution in [0.25, 0.3) is 11.5 Å². The predicted molar refractivity (Wildman–Crippen MR) is 86.8 cm³/mol. The minimum Gasteiger partial charge on any atom is -0.449 e. The number of ether oxygens (including phenoxy) is 1. The topological polar surface area (TPSA) is 77.2 Å². The number of hydrogen-bond acceptors (Lipinski definition) is 5. The van der Waals surface area contributed by atoms with Gasteiger partial charge >= 0.3 is 6.09 Å². The normalized spacial score (nSPS) is 12.7. The highest BCUT2D eigenvalue weighted by atomic mass is 19.1. The monoisotopic (exact) mass is 335 g/mol. The van der Waals surface area contributed by atoms with Gasteiger partial charge in [0.05, 0.1) is 6.61 Å². The van der Waals surface area contributed by atoms with Gasteiger partial charge in [0.25, 0.3) is 5.89 Å². The van der Waals surface area contributed by atoms with Crippen molar-refractivity contribution < 1.29 is 18.4 Å². The van der Waals surface area contributed by atoms with E-state index in [-0.39, 0.29) is 23.9 Å². The van der Waals surface area contributed by atoms with Gasteiger partial charge in [-0.15, -0.1) is 0 Å². The quantitative estimate of drug-likeness (QED) is 0.903. The molecule has 0 aliphatic rings. The molecule has 0 bridgehead atoms. The number of amides is 1. The van der Waals surface area contributed by atoms with E-state index in [1.165, 1.54) is 12.1 Å². The van der Waals surface area contributed by atoms with Crippen LogP contribution in [0.15, 0.2) is 28.8 Å². The standard InChI is InChI=1S/C17H22FN3O3/c1-11(10-23-16(22)20-17(2,3)4)9-14-19-15(24-21-14)12-5-7-13(18)8-6-12/h5-8,11H,9-10H2,1-4H3,(H,20,22)/t11-/m0/s1. The molecule has 7 heteroatoms. The Hall–Kier alpha value is -2.44. The summed E-state index contributed by atoms with van der Waals surface area (Å²) in [6.07, 6.45) is 0.0579. The summed E-state index contributed by atoms with van der Waals surface area (Å²) >= 11 is 0. The molecule has 0 aliphatic carbocycles. The molecule has 2 aromatic rings. The summed E-state index contributed by atoms with van der Waals surface area (Å²) in [5, 5.41) is 6.63. The zero-order valence-electron chi connectivity index (χ0n) is 14.3. The van der Waals surface area contributed by atoms with Crippen LogP contribution in [0.5, 0.6) is 0 Å². The summed E-state index contributed by atoms with van der Waals surface area (Å²) in [7, 11) is 0. The fourth-order valence-corrected chi connectivity index (χ4v) is 1.98. The number of rotatable bonds is 5. The third-order valence-electron chi connectivity index (χ3n) is 3.07. The molecule has 0 saturated heterocycles. The molecule has 0 spiro atoms. The van der Waals surface area contributed by atoms with Crippen LogP contribution >= 0.6 is 0 Å². The van der Waals surface area contributed by atoms with Crippen LogP contribution in [0.3, 0.4) is 0 Å². The van der Waals surface area contributed by atoms with Crippen molar-refractivity contribution in [1.29, 1.82) is 0 Å². The lowest BCUT2D eigenvalue weighted by Gasteiger charge is -2.20. The van der Waals surface area contributed by atoms with Gasteiger partial charge < -0.3 is 14.6 Å². The van der Waals surface area contributed by atoms with Crippen molar-refractivity contribution >= 4 is 6.09 Å². The lowest BCUT2D eigenvalue weighted by Crippen LogP contribution is -2.41. The summed E-state index contributed by atoms with van der Waals surface area (Å²) in [5.41, 5.74) is 0.321. The average molecular weight is 335 g/mol. The molecule has 1 aromatic carbocycles. The molecule has 0 unspecified atom stereocenters. The largest absolute Gasteiger partial charge is 0.449 e. The zero-order chi connectivity index (χ0) is 17.7. The Morgan fingerprint density at radius 2 is 2.00 bits per heavy atom. The number of hydrogen-bond donors (Lipinski definition) is 1. The minimum absolute atomic E-state index is 0.0365. The second-order valence-electron chi connectivity index (χ2n) is 6.81. The Morgan fingerprint density at radius 3 is 2.62 bits per heavy atom. The second-order valence-corrected chi connectivity index (χ2v) is 6.81. The summed E-state index contributed by atoms with van der Waals surface area (Å²) in [4.78, 5) is 15.9. The Morgan fingerprint density at radius 1 is 1.33 bits per heavy atom. The Labute approximate surface area is 140 Å². The molecule has 0 radical (unpaired) electrons. The van der Waals surface area contributed by atoms with E-state index in [4.69, 9.17) is 9.26 Å². The van der Waals surface area contributed by atoms with E-state index in [2.05, 4.69) is 15.5 Å². The minimum atomic E-state index is -0.450. The number of benzene rings is 1. The summed E-state index contributed by atoms with van der Waals surface area (Å²) < 4.78 is 23.3. The highest BCUT2D eigenvalue weighted by molar-refractivity contribution is 5.68. The van der Waals surface area contributed by atoms with Gasteiger partial charge in [-0.05, 0) is 51.0 Å². The van der Waals surface area contributed by atoms with Crippen molar-refractivity contribution in [3.63, 3.8) is 0 Å². The molecule has 24 heavy (non-hydrogen) atoms. The molecule has 0 fully saturated rings. The molecule has 1 atom stereocenters. The van der Waals surface area contributed by atoms with E-state index in [0.29, 0.717) is 23.7 Å². The van der Waals surface area contributed by atoms with E-state index < -0.39 is 6.09 Å². The highest BCUT2D eigenvalue weighted by Gasteiger charge is 2.17. The van der Waals surface area contributed by atoms with E-state index in [0.717, 1.165) is 0 Å². The van der Waals surface area contributed by atoms with Crippen LogP contribution in [0.2, 0.25) is 0 Å². The van der Waals surface area contributed by atoms with Crippen molar-refractivity contribution in [2.45, 2.75) is 39.7 Å². The molecule has 1 heterocycles. The van der Waals surface area contributed by atoms with Crippen molar-refractivity contribution in [2.75, 3.05) is 6.61 Å². The first-order valence-electron chi connectivity index (χ1n) is 7.76. The SMILES string of the molecule is C[C@H](COC(=O)NC(C)(C)C)Cc1noc(-c2ccc(F)cc2)n1. The van der Waals surface area contributed by atoms with Gasteiger partial charge in [-0.1, -0.05) is 12.1 Å². The number of aromatic nitrogens is 2. The smallest absolute Gasteiger partial charge is 0.407 e. The van der Waals surface area contributed by atoms with Gasteiger partial charge in [-0.3, -0.25) is 0 Å². The molecule has 0 aliphatic heterocycles. The van der Waals surface area contributed by atoms with Gasteiger partial charge in [-0.2, -0.15) is 4.98 Å². The Kier molecular flexibility index (Phi) is 5.54. The third-order valence-corrected chi connectivity index (χ3v) is 3.07. The van der Waals surface area contributed by atoms with Crippen molar-refractivity contribution in [3.05, 3.63) is 35.9 Å². The number of nitrogens with zero attached hydrogens (tertiary/aromatic N) is 2. The maximum atomic E-state index is 12.9. The van der Waals surface area contributed by atoms with Crippen molar-refractivity contribution in [3.8, 4) is 11.5 Å². The molecule has 1 aromatic heterocycles. The molecule has 130 valence electrons. The lowest BCUT2D eigenvalue weighted by atomic mass is 10.1. The molecule has 0 saturated carbocycles. The fourth-order valence-electron chi connectivity index (χ4n) is 1.98. The van der Waals surface area contributed by atoms with Gasteiger partial charge in [0.1, 0.15) is 5.82 Å². The summed E-state index contributed by atoms with van der Waals surface area (Å²) in [5.74, 6) is 0.567. The molecule has 6 nitrogen and oxygen atoms in total. The summed E-state index contributed by atoms with van der Waals surface area (Å²) in [6.45, 7) is 7.83. The van der Waals surface area contributed by atoms with E-state index >= 15 is 0 Å². The molecular formula is C17H22FN3O3. The molecule has 1 amide bonds. The van der Waals surface area contributed by atoms with E-state index in [1.54, 1.807) is 12.1 Å². The second kappa shape index (κ2) is 7.42. The number of carbonyl (C=O) groups is 1. The van der Waals surface area contributed by atoms with E-state index in [1.807, 2.05) is 27.7 Å². The number of carbonyl (C=O) groups excluding carboxylic acids is 1. The first-order valence-corrected chi connectivity index (χ1v) is 7.76. The average Bonchev–Trinajstić information content (AvgIpc) is 2.92. The summed E-state index contributed by atoms with van der Waals surface area (Å²) in [6, 6.07) is 5.83. The zero-order valence-corrected chi connectivity index (χ0v) is 14.3. The van der Waals surface area contributed by atoms with Crippen LogP contribution in [-0.4, -0.2) is 28.4 Å². The van der Waals surface area contributed by atoms with Crippen molar-refractivity contribution in [1.82, 2.24) is 15.5 Å². The van der Waals surface area contributed by atoms with E-state index in [9.17, 15) is 9.18 Å². The number of halogens is 1. The highest BCUT2D eigenvalue weighted by Crippen LogP contribution is 2.18. The van der Waals surface area contributed by atoms with Crippen molar-refractivity contribution in [2.24, 2.45) is 5.92 Å². The Balaban J connectivity index is 1.85. The van der Waals surface area contributed by atoms with Crippen LogP contribution in [0, 0.1) is 11.7 Å². The Bertz CT molecular complexity index is 677.